The van der Waals surface area contributed by atoms with Gasteiger partial charge in [-0.1, -0.05) is 57.2 Å². The van der Waals surface area contributed by atoms with Crippen LogP contribution in [0, 0.1) is 5.92 Å². The van der Waals surface area contributed by atoms with Crippen LogP contribution in [0.25, 0.3) is 21.7 Å². The molecule has 88 heavy (non-hydrogen) atoms. The van der Waals surface area contributed by atoms with Gasteiger partial charge in [-0.2, -0.15) is 0 Å². The molecule has 2 heterocycles. The second-order valence-corrected chi connectivity index (χ2v) is 22.0. The van der Waals surface area contributed by atoms with Crippen molar-refractivity contribution in [3.8, 4) is 11.5 Å². The number of aromatic amines is 1. The fourth-order valence-corrected chi connectivity index (χ4v) is 10.4. The summed E-state index contributed by atoms with van der Waals surface area (Å²) in [4.78, 5) is 114. The third-order valence-corrected chi connectivity index (χ3v) is 15.5. The third-order valence-electron chi connectivity index (χ3n) is 15.1. The molecule has 8 amide bonds. The first kappa shape index (κ1) is 68.9. The highest BCUT2D eigenvalue weighted by molar-refractivity contribution is 6.19. The van der Waals surface area contributed by atoms with Gasteiger partial charge in [-0.15, -0.1) is 11.6 Å². The number of methoxy groups -OCH3 is 3. The lowest BCUT2D eigenvalue weighted by atomic mass is 9.92. The summed E-state index contributed by atoms with van der Waals surface area (Å²) >= 11 is 6.59. The molecule has 6 rings (SSSR count). The van der Waals surface area contributed by atoms with E-state index < -0.39 is 66.2 Å². The van der Waals surface area contributed by atoms with Crippen molar-refractivity contribution in [2.45, 2.75) is 109 Å². The van der Waals surface area contributed by atoms with Crippen molar-refractivity contribution < 1.29 is 77.0 Å². The number of benzene rings is 4. The minimum atomic E-state index is -1.12. The molecule has 478 valence electrons. The van der Waals surface area contributed by atoms with Gasteiger partial charge in [0, 0.05) is 94.3 Å². The number of fused-ring (bicyclic) bond motifs is 4. The number of primary amides is 1. The molecular formula is C62H82ClN9O16. The minimum Gasteiger partial charge on any atom is -0.492 e. The second-order valence-electron chi connectivity index (χ2n) is 21.7. The van der Waals surface area contributed by atoms with Crippen molar-refractivity contribution in [1.29, 1.82) is 0 Å². The number of ether oxygens (including phenoxy) is 6. The van der Waals surface area contributed by atoms with Crippen LogP contribution in [-0.2, 0) is 62.6 Å². The number of amides is 8. The molecule has 5 aromatic rings. The number of carbonyl (C=O) groups excluding carboxylic acids is 8. The van der Waals surface area contributed by atoms with Crippen LogP contribution in [-0.4, -0.2) is 178 Å². The smallest absolute Gasteiger partial charge is 0.409 e. The molecule has 0 fully saturated rings. The number of likely N-dealkylation sites (N-methyl/N-ethyl adjacent to an activating group) is 2. The zero-order valence-corrected chi connectivity index (χ0v) is 51.8. The quantitative estimate of drug-likeness (QED) is 0.0110. The molecular weight excluding hydrogens is 1160 g/mol. The lowest BCUT2D eigenvalue weighted by Gasteiger charge is -2.25. The number of esters is 1. The van der Waals surface area contributed by atoms with Crippen LogP contribution in [0.5, 0.6) is 11.5 Å². The Balaban J connectivity index is 1.01. The van der Waals surface area contributed by atoms with Gasteiger partial charge in [0.2, 0.25) is 23.6 Å². The standard InChI is InChI=1S/C62H82ClN9O16/c1-9-43(33-74)88-52(83-6)35-86-51(77)18-12-17-49(75)69-54(36(2)3)59(79)68-46(16-13-23-65-61(64)81)58(78)66-42-21-19-37(20-22-42)34-87-62(82)71(5)25-24-70(4)50(76)29-38-28-48-53(45-15-11-10-14-44(38)45)41(30-63)31-72(48)60(80)47-27-39-26-40(32-73)56(84-7)57(85-8)55(39)67-47/h10-11,14-15,19-22,26-28,36,41,43,46,52,54,67,73-74H,9,12-13,16-18,23-25,29-35H2,1-8H3,(H,66,78)(H,68,79)(H,69,75)(H3,64,65,81)/t41-,43?,46+,52?,54+/m0/s1. The van der Waals surface area contributed by atoms with Gasteiger partial charge in [0.15, 0.2) is 17.8 Å². The van der Waals surface area contributed by atoms with Gasteiger partial charge >= 0.3 is 18.1 Å². The number of aromatic nitrogens is 1. The predicted octanol–water partition coefficient (Wildman–Crippen LogP) is 5.57. The highest BCUT2D eigenvalue weighted by Gasteiger charge is 2.36. The Labute approximate surface area is 516 Å². The minimum absolute atomic E-state index is 0.00948. The molecule has 26 heteroatoms. The number of nitrogens with one attached hydrogen (secondary N) is 5. The molecule has 4 aromatic carbocycles. The van der Waals surface area contributed by atoms with Gasteiger partial charge in [-0.25, -0.2) is 9.59 Å². The Kier molecular flexibility index (Phi) is 26.0. The molecule has 0 radical (unpaired) electrons. The molecule has 0 saturated heterocycles. The Morgan fingerprint density at radius 3 is 2.18 bits per heavy atom. The van der Waals surface area contributed by atoms with E-state index in [1.807, 2.05) is 37.3 Å². The summed E-state index contributed by atoms with van der Waals surface area (Å²) < 4.78 is 32.7. The summed E-state index contributed by atoms with van der Waals surface area (Å²) in [5.74, 6) is -2.53. The number of aliphatic hydroxyl groups is 2. The molecule has 0 spiro atoms. The van der Waals surface area contributed by atoms with Crippen molar-refractivity contribution in [1.82, 2.24) is 30.7 Å². The van der Waals surface area contributed by atoms with Crippen LogP contribution in [0.2, 0.25) is 0 Å². The van der Waals surface area contributed by atoms with E-state index in [4.69, 9.17) is 45.8 Å². The number of carbonyl (C=O) groups is 8. The fraction of sp³-hybridized carbons (Fsp3) is 0.484. The first-order valence-corrected chi connectivity index (χ1v) is 29.6. The normalized spacial score (nSPS) is 14.1. The summed E-state index contributed by atoms with van der Waals surface area (Å²) in [5, 5.41) is 32.5. The molecule has 1 aliphatic heterocycles. The molecule has 5 atom stereocenters. The molecule has 0 saturated carbocycles. The Morgan fingerprint density at radius 2 is 1.55 bits per heavy atom. The number of urea groups is 1. The van der Waals surface area contributed by atoms with E-state index in [9.17, 15) is 48.6 Å². The van der Waals surface area contributed by atoms with E-state index in [2.05, 4.69) is 26.3 Å². The zero-order chi connectivity index (χ0) is 64.2. The van der Waals surface area contributed by atoms with Crippen LogP contribution in [0.1, 0.15) is 98.0 Å². The lowest BCUT2D eigenvalue weighted by molar-refractivity contribution is -0.194. The zero-order valence-electron chi connectivity index (χ0n) is 51.0. The van der Waals surface area contributed by atoms with Crippen LogP contribution in [0.15, 0.2) is 66.7 Å². The van der Waals surface area contributed by atoms with Crippen LogP contribution in [0.4, 0.5) is 21.0 Å². The van der Waals surface area contributed by atoms with Gasteiger partial charge in [-0.3, -0.25) is 28.8 Å². The number of alkyl halides is 1. The maximum absolute atomic E-state index is 14.5. The number of rotatable bonds is 33. The average Bonchev–Trinajstić information content (AvgIpc) is 1.87. The van der Waals surface area contributed by atoms with E-state index >= 15 is 0 Å². The first-order chi connectivity index (χ1) is 42.2. The maximum Gasteiger partial charge on any atom is 0.409 e. The van der Waals surface area contributed by atoms with Crippen LogP contribution >= 0.6 is 11.6 Å². The first-order valence-electron chi connectivity index (χ1n) is 29.1. The number of hydrogen-bond donors (Lipinski definition) is 8. The topological polar surface area (TPSA) is 332 Å². The highest BCUT2D eigenvalue weighted by Crippen LogP contribution is 2.45. The summed E-state index contributed by atoms with van der Waals surface area (Å²) in [5.41, 5.74) is 9.73. The molecule has 1 aliphatic rings. The monoisotopic (exact) mass is 1240 g/mol. The van der Waals surface area contributed by atoms with Crippen molar-refractivity contribution in [3.63, 3.8) is 0 Å². The van der Waals surface area contributed by atoms with E-state index in [1.54, 1.807) is 69.2 Å². The Morgan fingerprint density at radius 1 is 0.841 bits per heavy atom. The number of anilines is 2. The highest BCUT2D eigenvalue weighted by atomic mass is 35.5. The number of H-pyrrole nitrogens is 1. The van der Waals surface area contributed by atoms with Crippen LogP contribution < -0.4 is 41.4 Å². The van der Waals surface area contributed by atoms with Crippen molar-refractivity contribution >= 4 is 92.3 Å². The molecule has 25 nitrogen and oxygen atoms in total. The average molecular weight is 1240 g/mol. The van der Waals surface area contributed by atoms with E-state index in [0.717, 1.165) is 16.3 Å². The number of aliphatic hydroxyl groups excluding tert-OH is 2. The molecule has 0 bridgehead atoms. The van der Waals surface area contributed by atoms with E-state index in [0.29, 0.717) is 63.4 Å². The van der Waals surface area contributed by atoms with Crippen molar-refractivity contribution in [2.24, 2.45) is 11.7 Å². The van der Waals surface area contributed by atoms with Crippen LogP contribution in [0.3, 0.4) is 0 Å². The van der Waals surface area contributed by atoms with Crippen molar-refractivity contribution in [2.75, 3.05) is 90.9 Å². The largest absolute Gasteiger partial charge is 0.492 e. The number of nitrogens with zero attached hydrogens (tertiary/aromatic N) is 3. The Hall–Kier alpha value is -8.23. The van der Waals surface area contributed by atoms with Crippen molar-refractivity contribution in [3.05, 3.63) is 94.7 Å². The molecule has 9 N–H and O–H groups in total. The third kappa shape index (κ3) is 18.2. The number of hydrogen-bond acceptors (Lipinski definition) is 16. The summed E-state index contributed by atoms with van der Waals surface area (Å²) in [6.45, 7) is 5.13. The number of halogens is 1. The molecule has 1 aromatic heterocycles. The maximum atomic E-state index is 14.5. The second kappa shape index (κ2) is 33.2. The van der Waals surface area contributed by atoms with Gasteiger partial charge in [0.1, 0.15) is 31.0 Å². The van der Waals surface area contributed by atoms with Gasteiger partial charge in [0.05, 0.1) is 45.5 Å². The SMILES string of the molecule is CCC(CO)OC(COC(=O)CCCC(=O)N[C@@H](C(=O)N[C@H](CCCNC(N)=O)C(=O)Nc1ccc(COC(=O)N(C)CCN(C)C(=O)Cc2cc3c(c4ccccc24)[C@@H](CCl)CN3C(=O)c2cc3cc(CO)c(OC)c(OC)c3[nH]2)cc1)C(C)C)OC. The van der Waals surface area contributed by atoms with Gasteiger partial charge in [0.25, 0.3) is 5.91 Å². The summed E-state index contributed by atoms with van der Waals surface area (Å²) in [6, 6.07) is 16.6. The van der Waals surface area contributed by atoms with E-state index in [1.165, 1.54) is 31.1 Å². The van der Waals surface area contributed by atoms with Gasteiger partial charge < -0.3 is 85.3 Å². The molecule has 0 aliphatic carbocycles. The summed E-state index contributed by atoms with van der Waals surface area (Å²) in [6.07, 6.45) is -1.25. The predicted molar refractivity (Wildman–Crippen MR) is 329 cm³/mol. The molecule has 2 unspecified atom stereocenters. The lowest BCUT2D eigenvalue weighted by Crippen LogP contribution is -2.54. The Bertz CT molecular complexity index is 3250. The number of nitrogens with two attached hydrogens (primary N) is 1. The fourth-order valence-electron chi connectivity index (χ4n) is 10.1. The van der Waals surface area contributed by atoms with Gasteiger partial charge in [-0.05, 0) is 89.4 Å². The van der Waals surface area contributed by atoms with E-state index in [-0.39, 0.29) is 114 Å². The summed E-state index contributed by atoms with van der Waals surface area (Å²) in [7, 11) is 7.53.